The smallest absolute Gasteiger partial charge is 0.262 e. The number of nitriles is 1. The minimum atomic E-state index is -4.16. The quantitative estimate of drug-likeness (QED) is 0.440. The van der Waals surface area contributed by atoms with Crippen molar-refractivity contribution in [2.45, 2.75) is 4.90 Å². The third-order valence-corrected chi connectivity index (χ3v) is 6.19. The summed E-state index contributed by atoms with van der Waals surface area (Å²) in [5.41, 5.74) is -0.414. The van der Waals surface area contributed by atoms with E-state index in [2.05, 4.69) is 4.72 Å². The van der Waals surface area contributed by atoms with Crippen molar-refractivity contribution in [2.24, 2.45) is 0 Å². The van der Waals surface area contributed by atoms with Gasteiger partial charge in [-0.25, -0.2) is 8.42 Å². The summed E-state index contributed by atoms with van der Waals surface area (Å²) in [7, 11) is -1.54. The van der Waals surface area contributed by atoms with Crippen LogP contribution in [-0.4, -0.2) is 27.7 Å². The lowest BCUT2D eigenvalue weighted by Gasteiger charge is -2.15. The lowest BCUT2D eigenvalue weighted by molar-refractivity contribution is 0.378. The van der Waals surface area contributed by atoms with Gasteiger partial charge in [0.2, 0.25) is 5.43 Å². The standard InChI is InChI=1S/C22H16N2O7S/c1-29-15-7-4-8-16-18(15)20(25)19-17(31-16)10-14(22(30-2)21(19)26)24-32(27,28)13-6-3-5-12(9-13)11-23/h3-10,24,26H,1-2H3. The first-order valence-corrected chi connectivity index (χ1v) is 10.7. The summed E-state index contributed by atoms with van der Waals surface area (Å²) in [5, 5.41) is 19.8. The second-order valence-electron chi connectivity index (χ2n) is 6.69. The SMILES string of the molecule is COc1c(NS(=O)(=O)c2cccc(C#N)c2)cc2oc3cccc(OC)c3c(=O)c2c1O. The first kappa shape index (κ1) is 21.0. The Morgan fingerprint density at radius 1 is 1.03 bits per heavy atom. The van der Waals surface area contributed by atoms with Gasteiger partial charge in [0.25, 0.3) is 10.0 Å². The maximum Gasteiger partial charge on any atom is 0.262 e. The van der Waals surface area contributed by atoms with Crippen molar-refractivity contribution in [1.82, 2.24) is 0 Å². The van der Waals surface area contributed by atoms with Crippen molar-refractivity contribution in [3.8, 4) is 23.3 Å². The Kier molecular flexibility index (Phi) is 5.12. The van der Waals surface area contributed by atoms with Crippen LogP contribution in [0.3, 0.4) is 0 Å². The number of nitrogens with zero attached hydrogens (tertiary/aromatic N) is 1. The van der Waals surface area contributed by atoms with Crippen LogP contribution in [0.5, 0.6) is 17.2 Å². The number of benzene rings is 3. The monoisotopic (exact) mass is 452 g/mol. The third kappa shape index (κ3) is 3.34. The van der Waals surface area contributed by atoms with Gasteiger partial charge in [-0.1, -0.05) is 12.1 Å². The van der Waals surface area contributed by atoms with Crippen LogP contribution in [-0.2, 0) is 10.0 Å². The highest BCUT2D eigenvalue weighted by Crippen LogP contribution is 2.42. The van der Waals surface area contributed by atoms with Gasteiger partial charge in [0.05, 0.1) is 36.4 Å². The van der Waals surface area contributed by atoms with Crippen molar-refractivity contribution in [3.63, 3.8) is 0 Å². The number of aromatic hydroxyl groups is 1. The van der Waals surface area contributed by atoms with E-state index in [9.17, 15) is 18.3 Å². The van der Waals surface area contributed by atoms with Crippen molar-refractivity contribution < 1.29 is 27.4 Å². The van der Waals surface area contributed by atoms with Gasteiger partial charge in [0.15, 0.2) is 11.5 Å². The second-order valence-corrected chi connectivity index (χ2v) is 8.37. The van der Waals surface area contributed by atoms with Gasteiger partial charge in [-0.2, -0.15) is 5.26 Å². The molecule has 0 aliphatic heterocycles. The summed E-state index contributed by atoms with van der Waals surface area (Å²) in [4.78, 5) is 13.0. The average molecular weight is 452 g/mol. The van der Waals surface area contributed by atoms with Gasteiger partial charge in [0.1, 0.15) is 27.7 Å². The van der Waals surface area contributed by atoms with Crippen LogP contribution in [0.2, 0.25) is 0 Å². The summed E-state index contributed by atoms with van der Waals surface area (Å²) in [5.74, 6) is -0.590. The molecule has 0 saturated carbocycles. The van der Waals surface area contributed by atoms with Gasteiger partial charge in [-0.3, -0.25) is 9.52 Å². The molecular formula is C22H16N2O7S. The number of fused-ring (bicyclic) bond motifs is 2. The fourth-order valence-electron chi connectivity index (χ4n) is 3.38. The molecule has 0 fully saturated rings. The molecule has 0 atom stereocenters. The Balaban J connectivity index is 1.96. The van der Waals surface area contributed by atoms with E-state index in [1.54, 1.807) is 18.2 Å². The summed E-state index contributed by atoms with van der Waals surface area (Å²) in [6.45, 7) is 0. The molecule has 32 heavy (non-hydrogen) atoms. The normalized spacial score (nSPS) is 11.3. The van der Waals surface area contributed by atoms with Gasteiger partial charge in [-0.15, -0.1) is 0 Å². The number of anilines is 1. The molecule has 0 bridgehead atoms. The molecule has 10 heteroatoms. The van der Waals surface area contributed by atoms with Gasteiger partial charge >= 0.3 is 0 Å². The van der Waals surface area contributed by atoms with E-state index in [-0.39, 0.29) is 49.6 Å². The van der Waals surface area contributed by atoms with E-state index < -0.39 is 21.2 Å². The van der Waals surface area contributed by atoms with Gasteiger partial charge in [-0.05, 0) is 30.3 Å². The fourth-order valence-corrected chi connectivity index (χ4v) is 4.48. The number of nitrogens with one attached hydrogen (secondary N) is 1. The lowest BCUT2D eigenvalue weighted by Crippen LogP contribution is -2.14. The Morgan fingerprint density at radius 2 is 1.78 bits per heavy atom. The predicted octanol–water partition coefficient (Wildman–Crippen LogP) is 3.34. The maximum atomic E-state index is 13.1. The number of sulfonamides is 1. The average Bonchev–Trinajstić information content (AvgIpc) is 2.78. The molecule has 0 unspecified atom stereocenters. The highest BCUT2D eigenvalue weighted by molar-refractivity contribution is 7.92. The van der Waals surface area contributed by atoms with E-state index >= 15 is 0 Å². The van der Waals surface area contributed by atoms with E-state index in [1.165, 1.54) is 44.6 Å². The van der Waals surface area contributed by atoms with Crippen molar-refractivity contribution in [3.05, 3.63) is 64.3 Å². The zero-order valence-electron chi connectivity index (χ0n) is 16.9. The summed E-state index contributed by atoms with van der Waals surface area (Å²) in [6.07, 6.45) is 0. The van der Waals surface area contributed by atoms with Gasteiger partial charge < -0.3 is 19.0 Å². The van der Waals surface area contributed by atoms with Crippen LogP contribution in [0.1, 0.15) is 5.56 Å². The molecular weight excluding hydrogens is 436 g/mol. The van der Waals surface area contributed by atoms with Crippen LogP contribution < -0.4 is 19.6 Å². The maximum absolute atomic E-state index is 13.1. The summed E-state index contributed by atoms with van der Waals surface area (Å²) < 4.78 is 44.3. The van der Waals surface area contributed by atoms with Crippen LogP contribution >= 0.6 is 0 Å². The molecule has 0 saturated heterocycles. The Hall–Kier alpha value is -4.23. The molecule has 0 radical (unpaired) electrons. The molecule has 0 spiro atoms. The van der Waals surface area contributed by atoms with Gasteiger partial charge in [0, 0.05) is 6.07 Å². The predicted molar refractivity (Wildman–Crippen MR) is 117 cm³/mol. The summed E-state index contributed by atoms with van der Waals surface area (Å²) >= 11 is 0. The molecule has 9 nitrogen and oxygen atoms in total. The largest absolute Gasteiger partial charge is 0.504 e. The number of hydrogen-bond donors (Lipinski definition) is 2. The Labute approximate surface area is 182 Å². The van der Waals surface area contributed by atoms with E-state index in [4.69, 9.17) is 19.2 Å². The number of phenolic OH excluding ortho intramolecular Hbond substituents is 1. The van der Waals surface area contributed by atoms with Crippen LogP contribution in [0, 0.1) is 11.3 Å². The first-order chi connectivity index (χ1) is 15.3. The number of hydrogen-bond acceptors (Lipinski definition) is 8. The molecule has 1 aromatic heterocycles. The van der Waals surface area contributed by atoms with Crippen LogP contribution in [0.25, 0.3) is 21.9 Å². The first-order valence-electron chi connectivity index (χ1n) is 9.17. The Bertz CT molecular complexity index is 1580. The molecule has 0 aliphatic carbocycles. The third-order valence-electron chi connectivity index (χ3n) is 4.82. The zero-order valence-corrected chi connectivity index (χ0v) is 17.7. The minimum absolute atomic E-state index is 0.0578. The van der Waals surface area contributed by atoms with E-state index in [1.807, 2.05) is 6.07 Å². The zero-order chi connectivity index (χ0) is 23.0. The fraction of sp³-hybridized carbons (Fsp3) is 0.0909. The highest BCUT2D eigenvalue weighted by Gasteiger charge is 2.24. The van der Waals surface area contributed by atoms with Crippen LogP contribution in [0.15, 0.2) is 62.6 Å². The molecule has 4 aromatic rings. The second kappa shape index (κ2) is 7.79. The molecule has 0 aliphatic rings. The summed E-state index contributed by atoms with van der Waals surface area (Å²) in [6, 6.07) is 13.3. The molecule has 4 rings (SSSR count). The van der Waals surface area contributed by atoms with E-state index in [0.29, 0.717) is 0 Å². The number of methoxy groups -OCH3 is 2. The Morgan fingerprint density at radius 3 is 2.47 bits per heavy atom. The minimum Gasteiger partial charge on any atom is -0.504 e. The molecule has 3 aromatic carbocycles. The molecule has 0 amide bonds. The van der Waals surface area contributed by atoms with Crippen molar-refractivity contribution in [2.75, 3.05) is 18.9 Å². The number of ether oxygens (including phenoxy) is 2. The molecule has 1 heterocycles. The van der Waals surface area contributed by atoms with Crippen LogP contribution in [0.4, 0.5) is 5.69 Å². The number of rotatable bonds is 5. The lowest BCUT2D eigenvalue weighted by atomic mass is 10.1. The highest BCUT2D eigenvalue weighted by atomic mass is 32.2. The molecule has 2 N–H and O–H groups in total. The van der Waals surface area contributed by atoms with Crippen molar-refractivity contribution >= 4 is 37.6 Å². The number of phenols is 1. The van der Waals surface area contributed by atoms with E-state index in [0.717, 1.165) is 0 Å². The topological polar surface area (TPSA) is 139 Å². The molecule has 162 valence electrons. The van der Waals surface area contributed by atoms with Crippen molar-refractivity contribution in [1.29, 1.82) is 5.26 Å².